The third-order valence-electron chi connectivity index (χ3n) is 5.50. The van der Waals surface area contributed by atoms with E-state index in [1.54, 1.807) is 50.8 Å². The molecule has 0 aliphatic carbocycles. The Labute approximate surface area is 216 Å². The molecule has 0 unspecified atom stereocenters. The average Bonchev–Trinajstić information content (AvgIpc) is 2.95. The van der Waals surface area contributed by atoms with Crippen molar-refractivity contribution in [3.05, 3.63) is 114 Å². The molecule has 0 saturated carbocycles. The minimum Gasteiger partial charge on any atom is -0.497 e. The maximum Gasteiger partial charge on any atom is 0.262 e. The molecule has 4 rings (SSSR count). The van der Waals surface area contributed by atoms with Crippen LogP contribution in [0.2, 0.25) is 0 Å². The Morgan fingerprint density at radius 3 is 2.22 bits per heavy atom. The van der Waals surface area contributed by atoms with Crippen LogP contribution in [0.5, 0.6) is 17.2 Å². The van der Waals surface area contributed by atoms with E-state index in [4.69, 9.17) is 19.3 Å². The topological polar surface area (TPSA) is 72.4 Å². The summed E-state index contributed by atoms with van der Waals surface area (Å²) < 4.78 is 16.4. The van der Waals surface area contributed by atoms with Crippen molar-refractivity contribution in [3.8, 4) is 17.2 Å². The smallest absolute Gasteiger partial charge is 0.262 e. The van der Waals surface area contributed by atoms with Crippen LogP contribution in [0.3, 0.4) is 0 Å². The molecule has 0 aliphatic rings. The second-order valence-corrected chi connectivity index (χ2v) is 8.10. The standard InChI is InChI=1S/C30H29N3O4/c1-35-27-16-14-25(15-17-27)32-30(34)22-37-28-18-13-24(19-29(28)36-2)20-31-33(26-11-7-4-8-12-26)21-23-9-5-3-6-10-23/h3-20H,21-22H2,1-2H3,(H,32,34). The minimum absolute atomic E-state index is 0.158. The summed E-state index contributed by atoms with van der Waals surface area (Å²) in [6.07, 6.45) is 1.78. The van der Waals surface area contributed by atoms with Gasteiger partial charge in [-0.1, -0.05) is 48.5 Å². The van der Waals surface area contributed by atoms with E-state index in [2.05, 4.69) is 17.4 Å². The van der Waals surface area contributed by atoms with Crippen LogP contribution in [-0.2, 0) is 11.3 Å². The van der Waals surface area contributed by atoms with Gasteiger partial charge >= 0.3 is 0 Å². The molecule has 0 aromatic heterocycles. The number of anilines is 2. The second kappa shape index (κ2) is 12.8. The fraction of sp³-hybridized carbons (Fsp3) is 0.133. The van der Waals surface area contributed by atoms with Gasteiger partial charge in [0.2, 0.25) is 0 Å². The highest BCUT2D eigenvalue weighted by molar-refractivity contribution is 5.92. The quantitative estimate of drug-likeness (QED) is 0.212. The summed E-state index contributed by atoms with van der Waals surface area (Å²) in [5.41, 5.74) is 3.63. The maximum absolute atomic E-state index is 12.3. The molecule has 0 atom stereocenters. The second-order valence-electron chi connectivity index (χ2n) is 8.10. The number of hydrazone groups is 1. The molecule has 1 amide bonds. The molecule has 188 valence electrons. The van der Waals surface area contributed by atoms with Crippen LogP contribution in [0.1, 0.15) is 11.1 Å². The third-order valence-corrected chi connectivity index (χ3v) is 5.50. The number of methoxy groups -OCH3 is 2. The van der Waals surface area contributed by atoms with Crippen LogP contribution in [0, 0.1) is 0 Å². The van der Waals surface area contributed by atoms with Crippen molar-refractivity contribution in [3.63, 3.8) is 0 Å². The van der Waals surface area contributed by atoms with Gasteiger partial charge in [0.1, 0.15) is 5.75 Å². The Kier molecular flexibility index (Phi) is 8.75. The Morgan fingerprint density at radius 1 is 0.838 bits per heavy atom. The minimum atomic E-state index is -0.280. The monoisotopic (exact) mass is 495 g/mol. The van der Waals surface area contributed by atoms with Gasteiger partial charge in [-0.3, -0.25) is 9.80 Å². The number of nitrogens with one attached hydrogen (secondary N) is 1. The highest BCUT2D eigenvalue weighted by Gasteiger charge is 2.10. The number of amides is 1. The molecule has 0 heterocycles. The molecular formula is C30H29N3O4. The van der Waals surface area contributed by atoms with Gasteiger partial charge in [0, 0.05) is 5.69 Å². The molecular weight excluding hydrogens is 466 g/mol. The van der Waals surface area contributed by atoms with Crippen molar-refractivity contribution >= 4 is 23.5 Å². The number of carbonyl (C=O) groups is 1. The molecule has 0 fully saturated rings. The zero-order valence-corrected chi connectivity index (χ0v) is 20.8. The van der Waals surface area contributed by atoms with Gasteiger partial charge in [-0.15, -0.1) is 0 Å². The molecule has 0 radical (unpaired) electrons. The van der Waals surface area contributed by atoms with Crippen LogP contribution in [0.25, 0.3) is 0 Å². The molecule has 1 N–H and O–H groups in total. The van der Waals surface area contributed by atoms with Crippen LogP contribution in [0.15, 0.2) is 108 Å². The molecule has 7 heteroatoms. The first-order valence-electron chi connectivity index (χ1n) is 11.8. The average molecular weight is 496 g/mol. The van der Waals surface area contributed by atoms with E-state index in [9.17, 15) is 4.79 Å². The van der Waals surface area contributed by atoms with Crippen LogP contribution >= 0.6 is 0 Å². The normalized spacial score (nSPS) is 10.6. The van der Waals surface area contributed by atoms with Crippen molar-refractivity contribution in [1.82, 2.24) is 0 Å². The summed E-state index contributed by atoms with van der Waals surface area (Å²) in [7, 11) is 3.15. The van der Waals surface area contributed by atoms with E-state index in [0.717, 1.165) is 22.6 Å². The number of rotatable bonds is 11. The number of hydrogen-bond donors (Lipinski definition) is 1. The molecule has 37 heavy (non-hydrogen) atoms. The van der Waals surface area contributed by atoms with Crippen LogP contribution in [0.4, 0.5) is 11.4 Å². The zero-order chi connectivity index (χ0) is 25.9. The molecule has 0 saturated heterocycles. The lowest BCUT2D eigenvalue weighted by Crippen LogP contribution is -2.20. The first kappa shape index (κ1) is 25.3. The van der Waals surface area contributed by atoms with Crippen molar-refractivity contribution in [1.29, 1.82) is 0 Å². The van der Waals surface area contributed by atoms with E-state index < -0.39 is 0 Å². The first-order valence-corrected chi connectivity index (χ1v) is 11.8. The lowest BCUT2D eigenvalue weighted by atomic mass is 10.2. The van der Waals surface area contributed by atoms with E-state index >= 15 is 0 Å². The largest absolute Gasteiger partial charge is 0.497 e. The SMILES string of the molecule is COc1ccc(NC(=O)COc2ccc(C=NN(Cc3ccccc3)c3ccccc3)cc2OC)cc1. The zero-order valence-electron chi connectivity index (χ0n) is 20.8. The number of benzene rings is 4. The molecule has 4 aromatic rings. The van der Waals surface area contributed by atoms with Gasteiger partial charge in [0.25, 0.3) is 5.91 Å². The third kappa shape index (κ3) is 7.35. The van der Waals surface area contributed by atoms with Gasteiger partial charge in [-0.25, -0.2) is 0 Å². The highest BCUT2D eigenvalue weighted by Crippen LogP contribution is 2.28. The Hall–Kier alpha value is -4.78. The highest BCUT2D eigenvalue weighted by atomic mass is 16.5. The fourth-order valence-corrected chi connectivity index (χ4v) is 3.59. The van der Waals surface area contributed by atoms with E-state index in [-0.39, 0.29) is 12.5 Å². The predicted octanol–water partition coefficient (Wildman–Crippen LogP) is 5.76. The summed E-state index contributed by atoms with van der Waals surface area (Å²) in [6, 6.07) is 32.7. The summed E-state index contributed by atoms with van der Waals surface area (Å²) >= 11 is 0. The molecule has 7 nitrogen and oxygen atoms in total. The maximum atomic E-state index is 12.3. The first-order chi connectivity index (χ1) is 18.1. The van der Waals surface area contributed by atoms with E-state index in [1.165, 1.54) is 0 Å². The Morgan fingerprint density at radius 2 is 1.54 bits per heavy atom. The molecule has 4 aromatic carbocycles. The van der Waals surface area contributed by atoms with E-state index in [0.29, 0.717) is 23.7 Å². The molecule has 0 spiro atoms. The van der Waals surface area contributed by atoms with Crippen LogP contribution < -0.4 is 24.5 Å². The van der Waals surface area contributed by atoms with Crippen molar-refractivity contribution in [2.75, 3.05) is 31.2 Å². The lowest BCUT2D eigenvalue weighted by Gasteiger charge is -2.19. The van der Waals surface area contributed by atoms with Gasteiger partial charge in [0.05, 0.1) is 32.7 Å². The predicted molar refractivity (Wildman–Crippen MR) is 147 cm³/mol. The number of ether oxygens (including phenoxy) is 3. The van der Waals surface area contributed by atoms with Crippen molar-refractivity contribution < 1.29 is 19.0 Å². The number of carbonyl (C=O) groups excluding carboxylic acids is 1. The summed E-state index contributed by atoms with van der Waals surface area (Å²) in [6.45, 7) is 0.470. The van der Waals surface area contributed by atoms with Gasteiger partial charge in [-0.05, 0) is 65.7 Å². The van der Waals surface area contributed by atoms with Crippen molar-refractivity contribution in [2.24, 2.45) is 5.10 Å². The van der Waals surface area contributed by atoms with Gasteiger partial charge < -0.3 is 19.5 Å². The number of nitrogens with zero attached hydrogens (tertiary/aromatic N) is 2. The Balaban J connectivity index is 1.42. The lowest BCUT2D eigenvalue weighted by molar-refractivity contribution is -0.118. The van der Waals surface area contributed by atoms with Gasteiger partial charge in [-0.2, -0.15) is 5.10 Å². The van der Waals surface area contributed by atoms with Crippen molar-refractivity contribution in [2.45, 2.75) is 6.54 Å². The van der Waals surface area contributed by atoms with Gasteiger partial charge in [0.15, 0.2) is 18.1 Å². The molecule has 0 aliphatic heterocycles. The molecule has 0 bridgehead atoms. The fourth-order valence-electron chi connectivity index (χ4n) is 3.59. The van der Waals surface area contributed by atoms with E-state index in [1.807, 2.05) is 65.7 Å². The Bertz CT molecular complexity index is 1310. The number of hydrogen-bond acceptors (Lipinski definition) is 6. The van der Waals surface area contributed by atoms with Crippen LogP contribution in [-0.4, -0.2) is 32.9 Å². The summed E-state index contributed by atoms with van der Waals surface area (Å²) in [4.78, 5) is 12.3. The summed E-state index contributed by atoms with van der Waals surface area (Å²) in [5, 5.41) is 9.47. The summed E-state index contributed by atoms with van der Waals surface area (Å²) in [5.74, 6) is 1.41. The number of para-hydroxylation sites is 1.